The van der Waals surface area contributed by atoms with E-state index in [9.17, 15) is 4.79 Å². The Morgan fingerprint density at radius 2 is 1.96 bits per heavy atom. The number of hydrogen-bond acceptors (Lipinski definition) is 5. The molecule has 5 nitrogen and oxygen atoms in total. The maximum absolute atomic E-state index is 12.1. The van der Waals surface area contributed by atoms with E-state index in [0.29, 0.717) is 12.4 Å². The lowest BCUT2D eigenvalue weighted by Gasteiger charge is -2.04. The number of nitrogens with zero attached hydrogens (tertiary/aromatic N) is 2. The minimum Gasteiger partial charge on any atom is -0.486 e. The van der Waals surface area contributed by atoms with E-state index in [-0.39, 0.29) is 12.3 Å². The lowest BCUT2D eigenvalue weighted by atomic mass is 10.2. The molecule has 0 spiro atoms. The number of anilines is 1. The van der Waals surface area contributed by atoms with Crippen LogP contribution < -0.4 is 10.1 Å². The highest BCUT2D eigenvalue weighted by molar-refractivity contribution is 7.09. The Morgan fingerprint density at radius 3 is 2.72 bits per heavy atom. The van der Waals surface area contributed by atoms with Crippen LogP contribution >= 0.6 is 11.3 Å². The lowest BCUT2D eigenvalue weighted by Crippen LogP contribution is -2.15. The van der Waals surface area contributed by atoms with Crippen LogP contribution in [0, 0.1) is 13.8 Å². The SMILES string of the molecule is Cc1ccc(OCc2nc(CC(=O)Nc3cc(C)ccn3)cs2)cc1. The number of amides is 1. The van der Waals surface area contributed by atoms with Gasteiger partial charge in [-0.2, -0.15) is 0 Å². The van der Waals surface area contributed by atoms with E-state index in [1.54, 1.807) is 6.20 Å². The first-order valence-corrected chi connectivity index (χ1v) is 8.82. The van der Waals surface area contributed by atoms with Crippen LogP contribution in [0.2, 0.25) is 0 Å². The predicted molar refractivity (Wildman–Crippen MR) is 98.9 cm³/mol. The van der Waals surface area contributed by atoms with Gasteiger partial charge in [0.2, 0.25) is 5.91 Å². The van der Waals surface area contributed by atoms with E-state index >= 15 is 0 Å². The van der Waals surface area contributed by atoms with Gasteiger partial charge >= 0.3 is 0 Å². The standard InChI is InChI=1S/C19H19N3O2S/c1-13-3-5-16(6-4-13)24-11-19-21-15(12-25-19)10-18(23)22-17-9-14(2)7-8-20-17/h3-9,12H,10-11H2,1-2H3,(H,20,22,23). The second kappa shape index (κ2) is 7.90. The van der Waals surface area contributed by atoms with E-state index in [2.05, 4.69) is 15.3 Å². The molecule has 3 aromatic rings. The molecule has 128 valence electrons. The third kappa shape index (κ3) is 5.12. The Bertz CT molecular complexity index is 859. The van der Waals surface area contributed by atoms with Crippen LogP contribution in [0.15, 0.2) is 48.0 Å². The molecule has 25 heavy (non-hydrogen) atoms. The Kier molecular flexibility index (Phi) is 5.40. The molecule has 0 aliphatic carbocycles. The molecule has 0 atom stereocenters. The highest BCUT2D eigenvalue weighted by atomic mass is 32.1. The first-order chi connectivity index (χ1) is 12.1. The minimum atomic E-state index is -0.130. The van der Waals surface area contributed by atoms with Crippen molar-refractivity contribution in [1.29, 1.82) is 0 Å². The Labute approximate surface area is 150 Å². The number of aromatic nitrogens is 2. The fraction of sp³-hybridized carbons (Fsp3) is 0.211. The van der Waals surface area contributed by atoms with Crippen LogP contribution in [-0.2, 0) is 17.8 Å². The summed E-state index contributed by atoms with van der Waals surface area (Å²) in [6, 6.07) is 11.6. The minimum absolute atomic E-state index is 0.130. The molecule has 6 heteroatoms. The maximum atomic E-state index is 12.1. The van der Waals surface area contributed by atoms with Gasteiger partial charge in [-0.3, -0.25) is 4.79 Å². The summed E-state index contributed by atoms with van der Waals surface area (Å²) < 4.78 is 5.71. The highest BCUT2D eigenvalue weighted by Gasteiger charge is 2.09. The topological polar surface area (TPSA) is 64.1 Å². The summed E-state index contributed by atoms with van der Waals surface area (Å²) in [5.74, 6) is 1.24. The number of carbonyl (C=O) groups excluding carboxylic acids is 1. The smallest absolute Gasteiger partial charge is 0.231 e. The monoisotopic (exact) mass is 353 g/mol. The summed E-state index contributed by atoms with van der Waals surface area (Å²) in [6.45, 7) is 4.39. The molecular formula is C19H19N3O2S. The van der Waals surface area contributed by atoms with Gasteiger partial charge in [0.15, 0.2) is 0 Å². The summed E-state index contributed by atoms with van der Waals surface area (Å²) >= 11 is 1.49. The van der Waals surface area contributed by atoms with Crippen molar-refractivity contribution in [2.75, 3.05) is 5.32 Å². The molecule has 0 aliphatic heterocycles. The van der Waals surface area contributed by atoms with Crippen LogP contribution in [0.4, 0.5) is 5.82 Å². The van der Waals surface area contributed by atoms with E-state index in [0.717, 1.165) is 22.0 Å². The number of aryl methyl sites for hydroxylation is 2. The number of ether oxygens (including phenoxy) is 1. The first-order valence-electron chi connectivity index (χ1n) is 7.94. The molecule has 1 amide bonds. The summed E-state index contributed by atoms with van der Waals surface area (Å²) in [6.07, 6.45) is 1.89. The Hall–Kier alpha value is -2.73. The number of thiazole rings is 1. The molecule has 0 aliphatic rings. The van der Waals surface area contributed by atoms with Crippen molar-refractivity contribution >= 4 is 23.1 Å². The second-order valence-corrected chi connectivity index (χ2v) is 6.72. The lowest BCUT2D eigenvalue weighted by molar-refractivity contribution is -0.115. The number of carbonyl (C=O) groups is 1. The molecule has 1 N–H and O–H groups in total. The van der Waals surface area contributed by atoms with Gasteiger partial charge in [-0.25, -0.2) is 9.97 Å². The van der Waals surface area contributed by atoms with Crippen molar-refractivity contribution in [3.8, 4) is 5.75 Å². The Balaban J connectivity index is 1.52. The van der Waals surface area contributed by atoms with Gasteiger partial charge < -0.3 is 10.1 Å². The average molecular weight is 353 g/mol. The summed E-state index contributed by atoms with van der Waals surface area (Å²) in [4.78, 5) is 20.7. The fourth-order valence-electron chi connectivity index (χ4n) is 2.23. The molecule has 0 saturated carbocycles. The van der Waals surface area contributed by atoms with Crippen LogP contribution in [-0.4, -0.2) is 15.9 Å². The average Bonchev–Trinajstić information content (AvgIpc) is 3.01. The van der Waals surface area contributed by atoms with Crippen molar-refractivity contribution in [2.45, 2.75) is 26.9 Å². The molecule has 2 heterocycles. The van der Waals surface area contributed by atoms with Gasteiger partial charge in [0.1, 0.15) is 23.2 Å². The molecule has 0 fully saturated rings. The summed E-state index contributed by atoms with van der Waals surface area (Å²) in [7, 11) is 0. The Morgan fingerprint density at radius 1 is 1.16 bits per heavy atom. The number of pyridine rings is 1. The van der Waals surface area contributed by atoms with E-state index in [1.807, 2.05) is 55.6 Å². The highest BCUT2D eigenvalue weighted by Crippen LogP contribution is 2.16. The fourth-order valence-corrected chi connectivity index (χ4v) is 2.94. The van der Waals surface area contributed by atoms with Crippen molar-refractivity contribution < 1.29 is 9.53 Å². The van der Waals surface area contributed by atoms with Crippen LogP contribution in [0.25, 0.3) is 0 Å². The first kappa shape index (κ1) is 17.1. The normalized spacial score (nSPS) is 10.5. The van der Waals surface area contributed by atoms with E-state index < -0.39 is 0 Å². The van der Waals surface area contributed by atoms with Crippen molar-refractivity contribution in [3.05, 3.63) is 69.8 Å². The third-order valence-electron chi connectivity index (χ3n) is 3.51. The van der Waals surface area contributed by atoms with Crippen molar-refractivity contribution in [3.63, 3.8) is 0 Å². The van der Waals surface area contributed by atoms with Gasteiger partial charge in [0.25, 0.3) is 0 Å². The van der Waals surface area contributed by atoms with Gasteiger partial charge in [-0.1, -0.05) is 17.7 Å². The summed E-state index contributed by atoms with van der Waals surface area (Å²) in [5.41, 5.74) is 2.98. The van der Waals surface area contributed by atoms with Gasteiger partial charge in [-0.15, -0.1) is 11.3 Å². The van der Waals surface area contributed by atoms with Crippen molar-refractivity contribution in [2.24, 2.45) is 0 Å². The number of nitrogens with one attached hydrogen (secondary N) is 1. The maximum Gasteiger partial charge on any atom is 0.231 e. The summed E-state index contributed by atoms with van der Waals surface area (Å²) in [5, 5.41) is 5.52. The number of benzene rings is 1. The molecule has 3 rings (SSSR count). The number of rotatable bonds is 6. The largest absolute Gasteiger partial charge is 0.486 e. The van der Waals surface area contributed by atoms with Gasteiger partial charge in [0, 0.05) is 11.6 Å². The molecule has 0 saturated heterocycles. The molecule has 0 radical (unpaired) electrons. The number of hydrogen-bond donors (Lipinski definition) is 1. The second-order valence-electron chi connectivity index (χ2n) is 5.78. The molecule has 0 bridgehead atoms. The third-order valence-corrected chi connectivity index (χ3v) is 4.38. The van der Waals surface area contributed by atoms with Crippen molar-refractivity contribution in [1.82, 2.24) is 9.97 Å². The predicted octanol–water partition coefficient (Wildman–Crippen LogP) is 3.92. The molecule has 2 aromatic heterocycles. The van der Waals surface area contributed by atoms with Gasteiger partial charge in [0.05, 0.1) is 12.1 Å². The van der Waals surface area contributed by atoms with Crippen LogP contribution in [0.5, 0.6) is 5.75 Å². The molecule has 0 unspecified atom stereocenters. The molecular weight excluding hydrogens is 334 g/mol. The van der Waals surface area contributed by atoms with Crippen LogP contribution in [0.3, 0.4) is 0 Å². The molecule has 1 aromatic carbocycles. The zero-order valence-corrected chi connectivity index (χ0v) is 15.0. The zero-order chi connectivity index (χ0) is 17.6. The van der Waals surface area contributed by atoms with E-state index in [1.165, 1.54) is 16.9 Å². The van der Waals surface area contributed by atoms with E-state index in [4.69, 9.17) is 4.74 Å². The quantitative estimate of drug-likeness (QED) is 0.730. The van der Waals surface area contributed by atoms with Gasteiger partial charge in [-0.05, 0) is 43.7 Å². The zero-order valence-electron chi connectivity index (χ0n) is 14.2. The van der Waals surface area contributed by atoms with Crippen LogP contribution in [0.1, 0.15) is 21.8 Å².